The summed E-state index contributed by atoms with van der Waals surface area (Å²) in [6, 6.07) is 4.60. The highest BCUT2D eigenvalue weighted by Gasteiger charge is 2.09. The Kier molecular flexibility index (Phi) is 4.50. The number of halogens is 2. The smallest absolute Gasteiger partial charge is 0.231 e. The van der Waals surface area contributed by atoms with E-state index in [4.69, 9.17) is 11.6 Å². The molecule has 2 aromatic rings. The lowest BCUT2D eigenvalue weighted by Gasteiger charge is -2.05. The molecule has 6 heteroatoms. The van der Waals surface area contributed by atoms with Crippen molar-refractivity contribution in [1.82, 2.24) is 4.98 Å². The zero-order valence-corrected chi connectivity index (χ0v) is 11.8. The first-order chi connectivity index (χ1) is 9.08. The molecule has 0 bridgehead atoms. The second-order valence-electron chi connectivity index (χ2n) is 4.06. The van der Waals surface area contributed by atoms with Crippen molar-refractivity contribution < 1.29 is 9.18 Å². The Bertz CT molecular complexity index is 600. The van der Waals surface area contributed by atoms with Crippen molar-refractivity contribution in [2.75, 3.05) is 5.32 Å². The first kappa shape index (κ1) is 14.0. The van der Waals surface area contributed by atoms with Gasteiger partial charge in [0, 0.05) is 11.1 Å². The second kappa shape index (κ2) is 6.12. The molecule has 0 aliphatic rings. The van der Waals surface area contributed by atoms with Crippen LogP contribution >= 0.6 is 22.9 Å². The highest BCUT2D eigenvalue weighted by atomic mass is 35.5. The number of carbonyl (C=O) groups excluding carboxylic acids is 1. The third-order valence-corrected chi connectivity index (χ3v) is 3.68. The van der Waals surface area contributed by atoms with E-state index in [0.717, 1.165) is 5.69 Å². The molecule has 0 saturated carbocycles. The molecule has 0 spiro atoms. The first-order valence-corrected chi connectivity index (χ1v) is 7.05. The minimum atomic E-state index is -0.337. The molecular weight excluding hydrogens is 287 g/mol. The van der Waals surface area contributed by atoms with Crippen molar-refractivity contribution in [3.05, 3.63) is 45.7 Å². The lowest BCUT2D eigenvalue weighted by Crippen LogP contribution is -2.14. The Balaban J connectivity index is 1.98. The zero-order valence-electron chi connectivity index (χ0n) is 10.2. The van der Waals surface area contributed by atoms with Crippen LogP contribution in [0.1, 0.15) is 16.3 Å². The van der Waals surface area contributed by atoms with E-state index < -0.39 is 0 Å². The number of aryl methyl sites for hydroxylation is 1. The maximum Gasteiger partial charge on any atom is 0.231 e. The third kappa shape index (κ3) is 3.75. The van der Waals surface area contributed by atoms with Gasteiger partial charge >= 0.3 is 0 Å². The molecule has 3 nitrogen and oxygen atoms in total. The molecule has 0 radical (unpaired) electrons. The Morgan fingerprint density at radius 2 is 2.32 bits per heavy atom. The molecule has 0 saturated heterocycles. The zero-order chi connectivity index (χ0) is 13.8. The van der Waals surface area contributed by atoms with Gasteiger partial charge in [-0.25, -0.2) is 9.37 Å². The number of amides is 1. The maximum absolute atomic E-state index is 13.3. The number of nitrogens with one attached hydrogen (secondary N) is 1. The molecule has 100 valence electrons. The summed E-state index contributed by atoms with van der Waals surface area (Å²) < 4.78 is 13.3. The maximum atomic E-state index is 13.3. The predicted octanol–water partition coefficient (Wildman–Crippen LogP) is 3.51. The Hall–Kier alpha value is -1.46. The van der Waals surface area contributed by atoms with Crippen LogP contribution in [0.15, 0.2) is 23.6 Å². The van der Waals surface area contributed by atoms with E-state index in [2.05, 4.69) is 10.3 Å². The number of alkyl halides is 1. The molecule has 0 atom stereocenters. The molecule has 0 aliphatic carbocycles. The van der Waals surface area contributed by atoms with Crippen LogP contribution in [0, 0.1) is 12.7 Å². The molecule has 1 aromatic heterocycles. The summed E-state index contributed by atoms with van der Waals surface area (Å²) in [6.45, 7) is 1.67. The van der Waals surface area contributed by atoms with E-state index in [1.54, 1.807) is 19.1 Å². The van der Waals surface area contributed by atoms with Gasteiger partial charge in [-0.1, -0.05) is 6.07 Å². The fourth-order valence-corrected chi connectivity index (χ4v) is 2.53. The number of carbonyl (C=O) groups is 1. The number of hydrogen-bond acceptors (Lipinski definition) is 3. The monoisotopic (exact) mass is 298 g/mol. The quantitative estimate of drug-likeness (QED) is 0.878. The van der Waals surface area contributed by atoms with Crippen LogP contribution in [0.5, 0.6) is 0 Å². The molecule has 2 rings (SSSR count). The minimum absolute atomic E-state index is 0.164. The summed E-state index contributed by atoms with van der Waals surface area (Å²) in [5.41, 5.74) is 1.75. The fourth-order valence-electron chi connectivity index (χ4n) is 1.50. The fraction of sp³-hybridized carbons (Fsp3) is 0.231. The molecule has 1 amide bonds. The van der Waals surface area contributed by atoms with Crippen LogP contribution < -0.4 is 5.32 Å². The van der Waals surface area contributed by atoms with Gasteiger partial charge in [-0.15, -0.1) is 22.9 Å². The number of anilines is 1. The predicted molar refractivity (Wildman–Crippen MR) is 75.1 cm³/mol. The van der Waals surface area contributed by atoms with Crippen molar-refractivity contribution in [1.29, 1.82) is 0 Å². The van der Waals surface area contributed by atoms with E-state index in [-0.39, 0.29) is 18.1 Å². The Morgan fingerprint density at radius 3 is 2.95 bits per heavy atom. The Morgan fingerprint density at radius 1 is 1.53 bits per heavy atom. The van der Waals surface area contributed by atoms with Gasteiger partial charge in [0.05, 0.1) is 18.0 Å². The van der Waals surface area contributed by atoms with Gasteiger partial charge < -0.3 is 5.32 Å². The average molecular weight is 299 g/mol. The summed E-state index contributed by atoms with van der Waals surface area (Å²) in [7, 11) is 0. The number of benzene rings is 1. The number of rotatable bonds is 4. The average Bonchev–Trinajstić information content (AvgIpc) is 2.81. The highest BCUT2D eigenvalue weighted by Crippen LogP contribution is 2.15. The topological polar surface area (TPSA) is 42.0 Å². The number of hydrogen-bond donors (Lipinski definition) is 1. The third-order valence-electron chi connectivity index (χ3n) is 2.50. The first-order valence-electron chi connectivity index (χ1n) is 5.63. The SMILES string of the molecule is Cc1ccc(NC(=O)Cc2nc(CCl)cs2)cc1F. The summed E-state index contributed by atoms with van der Waals surface area (Å²) in [5.74, 6) is -0.225. The lowest BCUT2D eigenvalue weighted by atomic mass is 10.2. The molecule has 19 heavy (non-hydrogen) atoms. The standard InChI is InChI=1S/C13H12ClFN2OS/c1-8-2-3-9(4-11(8)15)16-12(18)5-13-17-10(6-14)7-19-13/h2-4,7H,5-6H2,1H3,(H,16,18). The molecule has 1 N–H and O–H groups in total. The van der Waals surface area contributed by atoms with Crippen LogP contribution in [0.3, 0.4) is 0 Å². The van der Waals surface area contributed by atoms with Crippen molar-refractivity contribution >= 4 is 34.5 Å². The largest absolute Gasteiger partial charge is 0.326 e. The van der Waals surface area contributed by atoms with Gasteiger partial charge in [0.15, 0.2) is 0 Å². The van der Waals surface area contributed by atoms with Gasteiger partial charge in [-0.3, -0.25) is 4.79 Å². The Labute approximate surface area is 119 Å². The molecule has 1 heterocycles. The summed E-state index contributed by atoms with van der Waals surface area (Å²) in [5, 5.41) is 5.16. The van der Waals surface area contributed by atoms with Crippen molar-refractivity contribution in [2.24, 2.45) is 0 Å². The minimum Gasteiger partial charge on any atom is -0.326 e. The van der Waals surface area contributed by atoms with Crippen LogP contribution in [-0.2, 0) is 17.1 Å². The van der Waals surface area contributed by atoms with Gasteiger partial charge in [0.1, 0.15) is 10.8 Å². The van der Waals surface area contributed by atoms with E-state index in [0.29, 0.717) is 22.1 Å². The van der Waals surface area contributed by atoms with Crippen molar-refractivity contribution in [3.8, 4) is 0 Å². The van der Waals surface area contributed by atoms with Crippen LogP contribution in [0.4, 0.5) is 10.1 Å². The normalized spacial score (nSPS) is 10.5. The van der Waals surface area contributed by atoms with Crippen molar-refractivity contribution in [3.63, 3.8) is 0 Å². The van der Waals surface area contributed by atoms with Crippen LogP contribution in [0.2, 0.25) is 0 Å². The molecule has 0 aliphatic heterocycles. The number of thiazole rings is 1. The van der Waals surface area contributed by atoms with Gasteiger partial charge in [-0.2, -0.15) is 0 Å². The summed E-state index contributed by atoms with van der Waals surface area (Å²) in [4.78, 5) is 16.0. The van der Waals surface area contributed by atoms with Gasteiger partial charge in [-0.05, 0) is 24.6 Å². The molecular formula is C13H12ClFN2OS. The second-order valence-corrected chi connectivity index (χ2v) is 5.27. The lowest BCUT2D eigenvalue weighted by molar-refractivity contribution is -0.115. The van der Waals surface area contributed by atoms with E-state index in [1.807, 2.05) is 5.38 Å². The van der Waals surface area contributed by atoms with Gasteiger partial charge in [0.25, 0.3) is 0 Å². The molecule has 1 aromatic carbocycles. The molecule has 0 fully saturated rings. The number of aromatic nitrogens is 1. The molecule has 0 unspecified atom stereocenters. The van der Waals surface area contributed by atoms with E-state index >= 15 is 0 Å². The van der Waals surface area contributed by atoms with Crippen LogP contribution in [0.25, 0.3) is 0 Å². The summed E-state index contributed by atoms with van der Waals surface area (Å²) >= 11 is 7.03. The number of nitrogens with zero attached hydrogens (tertiary/aromatic N) is 1. The van der Waals surface area contributed by atoms with Crippen LogP contribution in [-0.4, -0.2) is 10.9 Å². The van der Waals surface area contributed by atoms with E-state index in [1.165, 1.54) is 17.4 Å². The van der Waals surface area contributed by atoms with Crippen molar-refractivity contribution in [2.45, 2.75) is 19.2 Å². The van der Waals surface area contributed by atoms with E-state index in [9.17, 15) is 9.18 Å². The summed E-state index contributed by atoms with van der Waals surface area (Å²) in [6.07, 6.45) is 0.164. The van der Waals surface area contributed by atoms with Gasteiger partial charge in [0.2, 0.25) is 5.91 Å². The highest BCUT2D eigenvalue weighted by molar-refractivity contribution is 7.09.